The molecule has 0 spiro atoms. The zero-order chi connectivity index (χ0) is 17.0. The summed E-state index contributed by atoms with van der Waals surface area (Å²) in [7, 11) is 1.80. The largest absolute Gasteiger partial charge is 0.343 e. The van der Waals surface area contributed by atoms with Gasteiger partial charge in [-0.2, -0.15) is 10.4 Å². The molecule has 23 heavy (non-hydrogen) atoms. The molecule has 0 radical (unpaired) electrons. The highest BCUT2D eigenvalue weighted by Gasteiger charge is 2.13. The lowest BCUT2D eigenvalue weighted by molar-refractivity contribution is -0.115. The van der Waals surface area contributed by atoms with Crippen molar-refractivity contribution >= 4 is 17.5 Å². The second-order valence-electron chi connectivity index (χ2n) is 5.09. The first-order valence-corrected chi connectivity index (χ1v) is 7.00. The summed E-state index contributed by atoms with van der Waals surface area (Å²) in [5.74, 6) is -0.699. The summed E-state index contributed by atoms with van der Waals surface area (Å²) in [6, 6.07) is 8.17. The predicted octanol–water partition coefficient (Wildman–Crippen LogP) is 1.28. The zero-order valence-electron chi connectivity index (χ0n) is 13.2. The summed E-state index contributed by atoms with van der Waals surface area (Å²) in [6.45, 7) is 3.51. The first kappa shape index (κ1) is 16.2. The first-order valence-electron chi connectivity index (χ1n) is 7.00. The maximum Gasteiger partial charge on any atom is 0.251 e. The minimum absolute atomic E-state index is 0.146. The molecule has 0 unspecified atom stereocenters. The number of hydrogen-bond acceptors (Lipinski definition) is 4. The number of hydrogen-bond donors (Lipinski definition) is 2. The van der Waals surface area contributed by atoms with Crippen LogP contribution in [0.15, 0.2) is 24.3 Å². The van der Waals surface area contributed by atoms with Crippen LogP contribution in [0.5, 0.6) is 0 Å². The predicted molar refractivity (Wildman–Crippen MR) is 84.8 cm³/mol. The Morgan fingerprint density at radius 1 is 1.26 bits per heavy atom. The molecule has 2 rings (SSSR count). The van der Waals surface area contributed by atoms with E-state index in [0.717, 1.165) is 11.4 Å². The fraction of sp³-hybridized carbons (Fsp3) is 0.250. The van der Waals surface area contributed by atoms with Crippen molar-refractivity contribution in [2.75, 3.05) is 11.9 Å². The molecule has 2 N–H and O–H groups in total. The van der Waals surface area contributed by atoms with Crippen molar-refractivity contribution in [2.24, 2.45) is 7.05 Å². The first-order chi connectivity index (χ1) is 10.9. The van der Waals surface area contributed by atoms with E-state index in [1.807, 2.05) is 13.0 Å². The Bertz CT molecular complexity index is 784. The van der Waals surface area contributed by atoms with Crippen molar-refractivity contribution in [3.05, 3.63) is 46.8 Å². The lowest BCUT2D eigenvalue weighted by Crippen LogP contribution is -2.33. The van der Waals surface area contributed by atoms with Crippen LogP contribution in [0.2, 0.25) is 0 Å². The lowest BCUT2D eigenvalue weighted by atomic mass is 10.1. The molecule has 0 fully saturated rings. The molecule has 0 saturated carbocycles. The van der Waals surface area contributed by atoms with Gasteiger partial charge in [0, 0.05) is 12.6 Å². The maximum atomic E-state index is 12.0. The normalized spacial score (nSPS) is 10.0. The van der Waals surface area contributed by atoms with E-state index in [1.165, 1.54) is 0 Å². The minimum atomic E-state index is -0.371. The number of aromatic nitrogens is 2. The summed E-state index contributed by atoms with van der Waals surface area (Å²) in [5.41, 5.74) is 3.09. The van der Waals surface area contributed by atoms with Gasteiger partial charge in [-0.1, -0.05) is 0 Å². The SMILES string of the molecule is Cc1nn(C)c(C)c1NC(=O)CNC(=O)c1ccc(C#N)cc1. The smallest absolute Gasteiger partial charge is 0.251 e. The van der Waals surface area contributed by atoms with Crippen molar-refractivity contribution in [2.45, 2.75) is 13.8 Å². The molecular weight excluding hydrogens is 294 g/mol. The van der Waals surface area contributed by atoms with E-state index in [2.05, 4.69) is 15.7 Å². The van der Waals surface area contributed by atoms with E-state index >= 15 is 0 Å². The Morgan fingerprint density at radius 2 is 1.91 bits per heavy atom. The van der Waals surface area contributed by atoms with Gasteiger partial charge in [0.2, 0.25) is 5.91 Å². The van der Waals surface area contributed by atoms with Crippen LogP contribution in [-0.2, 0) is 11.8 Å². The van der Waals surface area contributed by atoms with Crippen LogP contribution in [0.1, 0.15) is 27.3 Å². The van der Waals surface area contributed by atoms with Crippen LogP contribution < -0.4 is 10.6 Å². The van der Waals surface area contributed by atoms with Gasteiger partial charge in [0.1, 0.15) is 0 Å². The molecule has 1 aromatic heterocycles. The fourth-order valence-corrected chi connectivity index (χ4v) is 2.10. The number of carbonyl (C=O) groups excluding carboxylic acids is 2. The van der Waals surface area contributed by atoms with Gasteiger partial charge in [-0.3, -0.25) is 14.3 Å². The number of anilines is 1. The van der Waals surface area contributed by atoms with Crippen molar-refractivity contribution in [3.8, 4) is 6.07 Å². The Balaban J connectivity index is 1.93. The van der Waals surface area contributed by atoms with E-state index in [9.17, 15) is 9.59 Å². The number of nitrogens with zero attached hydrogens (tertiary/aromatic N) is 3. The van der Waals surface area contributed by atoms with E-state index in [0.29, 0.717) is 16.8 Å². The van der Waals surface area contributed by atoms with Crippen LogP contribution >= 0.6 is 0 Å². The van der Waals surface area contributed by atoms with Gasteiger partial charge in [0.15, 0.2) is 0 Å². The summed E-state index contributed by atoms with van der Waals surface area (Å²) in [5, 5.41) is 18.2. The van der Waals surface area contributed by atoms with E-state index in [1.54, 1.807) is 42.9 Å². The van der Waals surface area contributed by atoms with Crippen LogP contribution in [0.25, 0.3) is 0 Å². The van der Waals surface area contributed by atoms with Crippen molar-refractivity contribution < 1.29 is 9.59 Å². The quantitative estimate of drug-likeness (QED) is 0.888. The number of amides is 2. The molecule has 2 amide bonds. The van der Waals surface area contributed by atoms with Gasteiger partial charge in [0.25, 0.3) is 5.91 Å². The molecule has 7 nitrogen and oxygen atoms in total. The lowest BCUT2D eigenvalue weighted by Gasteiger charge is -2.07. The van der Waals surface area contributed by atoms with E-state index < -0.39 is 0 Å². The van der Waals surface area contributed by atoms with E-state index in [4.69, 9.17) is 5.26 Å². The third-order valence-corrected chi connectivity index (χ3v) is 3.46. The van der Waals surface area contributed by atoms with Gasteiger partial charge >= 0.3 is 0 Å². The number of benzene rings is 1. The van der Waals surface area contributed by atoms with Crippen LogP contribution in [-0.4, -0.2) is 28.1 Å². The number of nitrogens with one attached hydrogen (secondary N) is 2. The standard InChI is InChI=1S/C16H17N5O2/c1-10-15(11(2)21(3)20-10)19-14(22)9-18-16(23)13-6-4-12(8-17)5-7-13/h4-7H,9H2,1-3H3,(H,18,23)(H,19,22). The summed E-state index contributed by atoms with van der Waals surface area (Å²) >= 11 is 0. The molecule has 0 aliphatic rings. The summed E-state index contributed by atoms with van der Waals surface area (Å²) in [6.07, 6.45) is 0. The molecule has 0 saturated heterocycles. The third kappa shape index (κ3) is 3.74. The summed E-state index contributed by atoms with van der Waals surface area (Å²) in [4.78, 5) is 23.9. The minimum Gasteiger partial charge on any atom is -0.343 e. The van der Waals surface area contributed by atoms with Gasteiger partial charge in [-0.25, -0.2) is 0 Å². The average Bonchev–Trinajstić information content (AvgIpc) is 2.79. The van der Waals surface area contributed by atoms with Gasteiger partial charge in [-0.05, 0) is 38.1 Å². The Morgan fingerprint density at radius 3 is 2.43 bits per heavy atom. The molecule has 2 aromatic rings. The fourth-order valence-electron chi connectivity index (χ4n) is 2.10. The number of aryl methyl sites for hydroxylation is 2. The van der Waals surface area contributed by atoms with E-state index in [-0.39, 0.29) is 18.4 Å². The Labute approximate surface area is 133 Å². The van der Waals surface area contributed by atoms with Gasteiger partial charge < -0.3 is 10.6 Å². The second-order valence-corrected chi connectivity index (χ2v) is 5.09. The molecule has 1 aromatic carbocycles. The molecule has 0 aliphatic heterocycles. The number of rotatable bonds is 4. The highest BCUT2D eigenvalue weighted by atomic mass is 16.2. The monoisotopic (exact) mass is 311 g/mol. The number of nitriles is 1. The van der Waals surface area contributed by atoms with Crippen molar-refractivity contribution in [1.29, 1.82) is 5.26 Å². The molecule has 118 valence electrons. The Hall–Kier alpha value is -3.14. The van der Waals surface area contributed by atoms with Crippen molar-refractivity contribution in [3.63, 3.8) is 0 Å². The van der Waals surface area contributed by atoms with Crippen LogP contribution in [0.3, 0.4) is 0 Å². The highest BCUT2D eigenvalue weighted by molar-refractivity contribution is 5.99. The molecule has 1 heterocycles. The number of carbonyl (C=O) groups is 2. The molecule has 0 aliphatic carbocycles. The molecule has 0 bridgehead atoms. The molecule has 7 heteroatoms. The average molecular weight is 311 g/mol. The van der Waals surface area contributed by atoms with Gasteiger partial charge in [0.05, 0.1) is 35.3 Å². The second kappa shape index (κ2) is 6.75. The van der Waals surface area contributed by atoms with Gasteiger partial charge in [-0.15, -0.1) is 0 Å². The Kier molecular flexibility index (Phi) is 4.76. The van der Waals surface area contributed by atoms with Crippen LogP contribution in [0.4, 0.5) is 5.69 Å². The molecule has 0 atom stereocenters. The summed E-state index contributed by atoms with van der Waals surface area (Å²) < 4.78 is 1.68. The third-order valence-electron chi connectivity index (χ3n) is 3.46. The molecular formula is C16H17N5O2. The van der Waals surface area contributed by atoms with Crippen molar-refractivity contribution in [1.82, 2.24) is 15.1 Å². The highest BCUT2D eigenvalue weighted by Crippen LogP contribution is 2.17. The topological polar surface area (TPSA) is 99.8 Å². The van der Waals surface area contributed by atoms with Crippen LogP contribution in [0, 0.1) is 25.2 Å². The maximum absolute atomic E-state index is 12.0. The zero-order valence-corrected chi connectivity index (χ0v) is 13.2.